The van der Waals surface area contributed by atoms with Crippen molar-refractivity contribution in [2.45, 2.75) is 19.3 Å². The van der Waals surface area contributed by atoms with Crippen LogP contribution in [-0.2, 0) is 0 Å². The number of Topliss-reactive ketones (excluding diaryl/α,β-unsaturated/α-hetero) is 1. The molecule has 0 aromatic heterocycles. The summed E-state index contributed by atoms with van der Waals surface area (Å²) in [5.41, 5.74) is 7.23. The Hall–Kier alpha value is -1.55. The summed E-state index contributed by atoms with van der Waals surface area (Å²) in [4.78, 5) is 14.4. The molecule has 0 amide bonds. The SMILES string of the molecule is COc1ccc(N2CCCC2)c(C(=O)CCN)c1. The molecule has 1 aromatic rings. The predicted octanol–water partition coefficient (Wildman–Crippen LogP) is 1.83. The topological polar surface area (TPSA) is 55.6 Å². The zero-order chi connectivity index (χ0) is 13.0. The summed E-state index contributed by atoms with van der Waals surface area (Å²) in [5.74, 6) is 0.816. The lowest BCUT2D eigenvalue weighted by Gasteiger charge is -2.21. The number of benzene rings is 1. The number of ketones is 1. The number of methoxy groups -OCH3 is 1. The highest BCUT2D eigenvalue weighted by Crippen LogP contribution is 2.29. The van der Waals surface area contributed by atoms with Crippen LogP contribution in [0, 0.1) is 0 Å². The van der Waals surface area contributed by atoms with Crippen LogP contribution in [0.25, 0.3) is 0 Å². The van der Waals surface area contributed by atoms with Crippen LogP contribution in [-0.4, -0.2) is 32.5 Å². The lowest BCUT2D eigenvalue weighted by Crippen LogP contribution is -2.21. The van der Waals surface area contributed by atoms with Crippen LogP contribution in [0.2, 0.25) is 0 Å². The second kappa shape index (κ2) is 5.87. The zero-order valence-corrected chi connectivity index (χ0v) is 10.8. The largest absolute Gasteiger partial charge is 0.497 e. The first kappa shape index (κ1) is 12.9. The van der Waals surface area contributed by atoms with Crippen molar-refractivity contribution in [2.75, 3.05) is 31.6 Å². The van der Waals surface area contributed by atoms with Gasteiger partial charge in [0.1, 0.15) is 5.75 Å². The van der Waals surface area contributed by atoms with Gasteiger partial charge in [-0.1, -0.05) is 0 Å². The molecule has 2 rings (SSSR count). The summed E-state index contributed by atoms with van der Waals surface area (Å²) in [6.45, 7) is 2.43. The third-order valence-corrected chi connectivity index (χ3v) is 3.32. The molecule has 1 fully saturated rings. The maximum Gasteiger partial charge on any atom is 0.166 e. The van der Waals surface area contributed by atoms with Gasteiger partial charge in [0.05, 0.1) is 7.11 Å². The van der Waals surface area contributed by atoms with Crippen molar-refractivity contribution in [1.82, 2.24) is 0 Å². The number of ether oxygens (including phenoxy) is 1. The van der Waals surface area contributed by atoms with Crippen molar-refractivity contribution in [3.63, 3.8) is 0 Å². The van der Waals surface area contributed by atoms with Gasteiger partial charge in [-0.05, 0) is 37.6 Å². The molecule has 0 atom stereocenters. The summed E-state index contributed by atoms with van der Waals surface area (Å²) < 4.78 is 5.20. The van der Waals surface area contributed by atoms with Crippen LogP contribution < -0.4 is 15.4 Å². The van der Waals surface area contributed by atoms with E-state index in [1.54, 1.807) is 7.11 Å². The Bertz CT molecular complexity index is 426. The van der Waals surface area contributed by atoms with Gasteiger partial charge < -0.3 is 15.4 Å². The van der Waals surface area contributed by atoms with Crippen LogP contribution in [0.15, 0.2) is 18.2 Å². The van der Waals surface area contributed by atoms with E-state index in [1.165, 1.54) is 12.8 Å². The molecule has 1 saturated heterocycles. The molecule has 1 aliphatic heterocycles. The average Bonchev–Trinajstić information content (AvgIpc) is 2.92. The van der Waals surface area contributed by atoms with Crippen LogP contribution in [0.1, 0.15) is 29.6 Å². The Morgan fingerprint density at radius 2 is 2.11 bits per heavy atom. The van der Waals surface area contributed by atoms with E-state index >= 15 is 0 Å². The molecular weight excluding hydrogens is 228 g/mol. The predicted molar refractivity (Wildman–Crippen MR) is 72.4 cm³/mol. The first-order valence-electron chi connectivity index (χ1n) is 6.42. The highest BCUT2D eigenvalue weighted by molar-refractivity contribution is 6.02. The standard InChI is InChI=1S/C14H20N2O2/c1-18-11-4-5-13(16-8-2-3-9-16)12(10-11)14(17)6-7-15/h4-5,10H,2-3,6-9,15H2,1H3. The summed E-state index contributed by atoms with van der Waals surface area (Å²) >= 11 is 0. The molecule has 1 aromatic carbocycles. The lowest BCUT2D eigenvalue weighted by atomic mass is 10.0. The molecule has 0 aliphatic carbocycles. The van der Waals surface area contributed by atoms with Gasteiger partial charge in [0.15, 0.2) is 5.78 Å². The van der Waals surface area contributed by atoms with E-state index in [2.05, 4.69) is 4.90 Å². The quantitative estimate of drug-likeness (QED) is 0.808. The minimum absolute atomic E-state index is 0.0956. The Balaban J connectivity index is 2.34. The average molecular weight is 248 g/mol. The van der Waals surface area contributed by atoms with Crippen LogP contribution in [0.5, 0.6) is 5.75 Å². The second-order valence-corrected chi connectivity index (χ2v) is 4.54. The van der Waals surface area contributed by atoms with E-state index in [4.69, 9.17) is 10.5 Å². The molecule has 1 aliphatic rings. The zero-order valence-electron chi connectivity index (χ0n) is 10.8. The van der Waals surface area contributed by atoms with Gasteiger partial charge >= 0.3 is 0 Å². The molecule has 0 bridgehead atoms. The third kappa shape index (κ3) is 2.64. The molecule has 0 unspecified atom stereocenters. The van der Waals surface area contributed by atoms with Crippen molar-refractivity contribution >= 4 is 11.5 Å². The highest BCUT2D eigenvalue weighted by Gasteiger charge is 2.19. The lowest BCUT2D eigenvalue weighted by molar-refractivity contribution is 0.0985. The van der Waals surface area contributed by atoms with Gasteiger partial charge in [-0.3, -0.25) is 4.79 Å². The van der Waals surface area contributed by atoms with E-state index < -0.39 is 0 Å². The first-order chi connectivity index (χ1) is 8.76. The molecule has 98 valence electrons. The molecule has 0 spiro atoms. The fraction of sp³-hybridized carbons (Fsp3) is 0.500. The number of nitrogens with zero attached hydrogens (tertiary/aromatic N) is 1. The number of carbonyl (C=O) groups is 1. The molecule has 18 heavy (non-hydrogen) atoms. The fourth-order valence-electron chi connectivity index (χ4n) is 2.37. The summed E-state index contributed by atoms with van der Waals surface area (Å²) in [7, 11) is 1.61. The first-order valence-corrected chi connectivity index (χ1v) is 6.42. The minimum Gasteiger partial charge on any atom is -0.497 e. The number of rotatable bonds is 5. The Kier molecular flexibility index (Phi) is 4.20. The highest BCUT2D eigenvalue weighted by atomic mass is 16.5. The summed E-state index contributed by atoms with van der Waals surface area (Å²) in [5, 5.41) is 0. The molecule has 0 radical (unpaired) electrons. The van der Waals surface area contributed by atoms with E-state index in [-0.39, 0.29) is 5.78 Å². The number of nitrogens with two attached hydrogens (primary N) is 1. The number of hydrogen-bond donors (Lipinski definition) is 1. The van der Waals surface area contributed by atoms with Crippen molar-refractivity contribution in [1.29, 1.82) is 0 Å². The maximum absolute atomic E-state index is 12.1. The summed E-state index contributed by atoms with van der Waals surface area (Å²) in [6, 6.07) is 5.71. The molecule has 0 saturated carbocycles. The van der Waals surface area contributed by atoms with Crippen molar-refractivity contribution < 1.29 is 9.53 Å². The molecule has 4 nitrogen and oxygen atoms in total. The summed E-state index contributed by atoms with van der Waals surface area (Å²) in [6.07, 6.45) is 2.76. The molecule has 4 heteroatoms. The second-order valence-electron chi connectivity index (χ2n) is 4.54. The fourth-order valence-corrected chi connectivity index (χ4v) is 2.37. The van der Waals surface area contributed by atoms with E-state index in [9.17, 15) is 4.79 Å². The van der Waals surface area contributed by atoms with Crippen LogP contribution >= 0.6 is 0 Å². The van der Waals surface area contributed by atoms with Crippen LogP contribution in [0.3, 0.4) is 0 Å². The van der Waals surface area contributed by atoms with Crippen molar-refractivity contribution in [2.24, 2.45) is 5.73 Å². The van der Waals surface area contributed by atoms with Gasteiger partial charge in [-0.25, -0.2) is 0 Å². The smallest absolute Gasteiger partial charge is 0.166 e. The van der Waals surface area contributed by atoms with Crippen LogP contribution in [0.4, 0.5) is 5.69 Å². The van der Waals surface area contributed by atoms with Gasteiger partial charge in [0.25, 0.3) is 0 Å². The van der Waals surface area contributed by atoms with E-state index in [1.807, 2.05) is 18.2 Å². The van der Waals surface area contributed by atoms with Gasteiger partial charge in [0.2, 0.25) is 0 Å². The number of carbonyl (C=O) groups excluding carboxylic acids is 1. The van der Waals surface area contributed by atoms with Crippen molar-refractivity contribution in [3.05, 3.63) is 23.8 Å². The normalized spacial score (nSPS) is 14.9. The monoisotopic (exact) mass is 248 g/mol. The van der Waals surface area contributed by atoms with Gasteiger partial charge in [0, 0.05) is 30.8 Å². The maximum atomic E-state index is 12.1. The third-order valence-electron chi connectivity index (χ3n) is 3.32. The van der Waals surface area contributed by atoms with Crippen molar-refractivity contribution in [3.8, 4) is 5.75 Å². The minimum atomic E-state index is 0.0956. The Morgan fingerprint density at radius 3 is 2.72 bits per heavy atom. The van der Waals surface area contributed by atoms with Gasteiger partial charge in [-0.15, -0.1) is 0 Å². The Morgan fingerprint density at radius 1 is 1.39 bits per heavy atom. The molecule has 2 N–H and O–H groups in total. The Labute approximate surface area is 108 Å². The van der Waals surface area contributed by atoms with Gasteiger partial charge in [-0.2, -0.15) is 0 Å². The molecular formula is C14H20N2O2. The van der Waals surface area contributed by atoms with E-state index in [0.717, 1.165) is 30.1 Å². The number of anilines is 1. The van der Waals surface area contributed by atoms with E-state index in [0.29, 0.717) is 13.0 Å². The number of hydrogen-bond acceptors (Lipinski definition) is 4. The molecule has 1 heterocycles.